The summed E-state index contributed by atoms with van der Waals surface area (Å²) in [5.74, 6) is 0. The molecule has 4 heteroatoms. The van der Waals surface area contributed by atoms with Crippen LogP contribution >= 0.6 is 0 Å². The fraction of sp³-hybridized carbons (Fsp3) is 1.00. The highest BCUT2D eigenvalue weighted by Crippen LogP contribution is 2.26. The van der Waals surface area contributed by atoms with Gasteiger partial charge in [0.25, 0.3) is 0 Å². The molecule has 2 atom stereocenters. The normalized spacial score (nSPS) is 34.8. The van der Waals surface area contributed by atoms with Crippen molar-refractivity contribution in [2.75, 3.05) is 26.4 Å². The first-order chi connectivity index (χ1) is 6.23. The van der Waals surface area contributed by atoms with E-state index in [1.807, 2.05) is 6.92 Å². The summed E-state index contributed by atoms with van der Waals surface area (Å²) in [6.45, 7) is 4.07. The first kappa shape index (κ1) is 10.9. The summed E-state index contributed by atoms with van der Waals surface area (Å²) >= 11 is 0. The summed E-state index contributed by atoms with van der Waals surface area (Å²) in [6.07, 6.45) is 0.991. The van der Waals surface area contributed by atoms with Gasteiger partial charge in [0, 0.05) is 19.6 Å². The van der Waals surface area contributed by atoms with E-state index >= 15 is 0 Å². The number of aliphatic hydroxyl groups is 1. The highest BCUT2D eigenvalue weighted by atomic mass is 16.5. The van der Waals surface area contributed by atoms with Crippen LogP contribution in [0.5, 0.6) is 0 Å². The van der Waals surface area contributed by atoms with Crippen molar-refractivity contribution in [2.45, 2.75) is 31.5 Å². The summed E-state index contributed by atoms with van der Waals surface area (Å²) in [6, 6.07) is 0. The Morgan fingerprint density at radius 1 is 1.69 bits per heavy atom. The van der Waals surface area contributed by atoms with Crippen LogP contribution in [0.15, 0.2) is 0 Å². The van der Waals surface area contributed by atoms with E-state index in [0.29, 0.717) is 39.2 Å². The number of ether oxygens (including phenoxy) is 2. The molecule has 1 saturated heterocycles. The van der Waals surface area contributed by atoms with Crippen molar-refractivity contribution in [3.63, 3.8) is 0 Å². The molecule has 0 aromatic carbocycles. The van der Waals surface area contributed by atoms with Gasteiger partial charge in [-0.15, -0.1) is 0 Å². The van der Waals surface area contributed by atoms with Crippen LogP contribution in [-0.2, 0) is 9.47 Å². The molecule has 78 valence electrons. The highest BCUT2D eigenvalue weighted by molar-refractivity contribution is 4.90. The van der Waals surface area contributed by atoms with Crippen molar-refractivity contribution >= 4 is 0 Å². The van der Waals surface area contributed by atoms with Crippen LogP contribution < -0.4 is 5.73 Å². The maximum absolute atomic E-state index is 10.2. The molecule has 0 aliphatic carbocycles. The maximum Gasteiger partial charge on any atom is 0.110 e. The Kier molecular flexibility index (Phi) is 4.12. The Bertz CT molecular complexity index is 148. The third kappa shape index (κ3) is 2.64. The van der Waals surface area contributed by atoms with Crippen LogP contribution in [0.4, 0.5) is 0 Å². The van der Waals surface area contributed by atoms with E-state index in [0.717, 1.165) is 0 Å². The Morgan fingerprint density at radius 3 is 3.08 bits per heavy atom. The standard InChI is InChI=1S/C9H19NO3/c1-2-13-8-7-12-6-4-9(8,11)3-5-10/h8,11H,2-7,10H2,1H3. The zero-order valence-corrected chi connectivity index (χ0v) is 8.16. The van der Waals surface area contributed by atoms with Gasteiger partial charge in [0.05, 0.1) is 12.2 Å². The quantitative estimate of drug-likeness (QED) is 0.647. The van der Waals surface area contributed by atoms with Crippen LogP contribution in [0.3, 0.4) is 0 Å². The molecule has 0 aromatic rings. The summed E-state index contributed by atoms with van der Waals surface area (Å²) in [5.41, 5.74) is 4.67. The Hall–Kier alpha value is -0.160. The van der Waals surface area contributed by atoms with Crippen molar-refractivity contribution in [1.29, 1.82) is 0 Å². The predicted molar refractivity (Wildman–Crippen MR) is 49.5 cm³/mol. The van der Waals surface area contributed by atoms with Crippen LogP contribution in [0.25, 0.3) is 0 Å². The third-order valence-electron chi connectivity index (χ3n) is 2.49. The molecular formula is C9H19NO3. The second-order valence-corrected chi connectivity index (χ2v) is 3.41. The molecule has 1 rings (SSSR count). The summed E-state index contributed by atoms with van der Waals surface area (Å²) < 4.78 is 10.7. The SMILES string of the molecule is CCOC1COCCC1(O)CCN. The van der Waals surface area contributed by atoms with E-state index in [2.05, 4.69) is 0 Å². The molecule has 0 amide bonds. The van der Waals surface area contributed by atoms with Gasteiger partial charge in [-0.05, 0) is 19.9 Å². The molecule has 0 radical (unpaired) electrons. The summed E-state index contributed by atoms with van der Waals surface area (Å²) in [7, 11) is 0. The van der Waals surface area contributed by atoms with E-state index in [4.69, 9.17) is 15.2 Å². The third-order valence-corrected chi connectivity index (χ3v) is 2.49. The fourth-order valence-corrected chi connectivity index (χ4v) is 1.70. The lowest BCUT2D eigenvalue weighted by Crippen LogP contribution is -2.52. The van der Waals surface area contributed by atoms with Crippen molar-refractivity contribution in [2.24, 2.45) is 5.73 Å². The second-order valence-electron chi connectivity index (χ2n) is 3.41. The molecule has 0 spiro atoms. The lowest BCUT2D eigenvalue weighted by molar-refractivity contribution is -0.175. The van der Waals surface area contributed by atoms with E-state index in [9.17, 15) is 5.11 Å². The molecule has 0 saturated carbocycles. The number of hydrogen-bond acceptors (Lipinski definition) is 4. The largest absolute Gasteiger partial charge is 0.387 e. The first-order valence-electron chi connectivity index (χ1n) is 4.84. The van der Waals surface area contributed by atoms with Crippen LogP contribution in [0.2, 0.25) is 0 Å². The van der Waals surface area contributed by atoms with Gasteiger partial charge in [-0.3, -0.25) is 0 Å². The molecule has 1 aliphatic rings. The molecule has 4 nitrogen and oxygen atoms in total. The minimum absolute atomic E-state index is 0.213. The fourth-order valence-electron chi connectivity index (χ4n) is 1.70. The van der Waals surface area contributed by atoms with Gasteiger partial charge in [-0.2, -0.15) is 0 Å². The minimum atomic E-state index is -0.775. The van der Waals surface area contributed by atoms with Crippen molar-refractivity contribution in [1.82, 2.24) is 0 Å². The molecule has 1 heterocycles. The van der Waals surface area contributed by atoms with Crippen molar-refractivity contribution < 1.29 is 14.6 Å². The average molecular weight is 189 g/mol. The first-order valence-corrected chi connectivity index (χ1v) is 4.84. The molecule has 0 bridgehead atoms. The lowest BCUT2D eigenvalue weighted by Gasteiger charge is -2.39. The Labute approximate surface area is 79.0 Å². The molecular weight excluding hydrogens is 170 g/mol. The number of hydrogen-bond donors (Lipinski definition) is 2. The van der Waals surface area contributed by atoms with Gasteiger partial charge in [-0.1, -0.05) is 0 Å². The molecule has 1 fully saturated rings. The zero-order chi connectivity index (χ0) is 9.73. The lowest BCUT2D eigenvalue weighted by atomic mass is 9.88. The second kappa shape index (κ2) is 4.91. The van der Waals surface area contributed by atoms with Gasteiger partial charge in [0.15, 0.2) is 0 Å². The van der Waals surface area contributed by atoms with Gasteiger partial charge >= 0.3 is 0 Å². The van der Waals surface area contributed by atoms with Gasteiger partial charge in [0.2, 0.25) is 0 Å². The van der Waals surface area contributed by atoms with Gasteiger partial charge in [-0.25, -0.2) is 0 Å². The molecule has 1 aliphatic heterocycles. The van der Waals surface area contributed by atoms with Crippen LogP contribution in [-0.4, -0.2) is 43.2 Å². The van der Waals surface area contributed by atoms with E-state index < -0.39 is 5.60 Å². The minimum Gasteiger partial charge on any atom is -0.387 e. The van der Waals surface area contributed by atoms with Gasteiger partial charge < -0.3 is 20.3 Å². The number of rotatable bonds is 4. The van der Waals surface area contributed by atoms with Crippen molar-refractivity contribution in [3.8, 4) is 0 Å². The van der Waals surface area contributed by atoms with Crippen LogP contribution in [0.1, 0.15) is 19.8 Å². The topological polar surface area (TPSA) is 64.7 Å². The number of nitrogens with two attached hydrogens (primary N) is 1. The monoisotopic (exact) mass is 189 g/mol. The average Bonchev–Trinajstić information content (AvgIpc) is 2.10. The molecule has 3 N–H and O–H groups in total. The highest BCUT2D eigenvalue weighted by Gasteiger charge is 2.39. The molecule has 0 aromatic heterocycles. The Morgan fingerprint density at radius 2 is 2.46 bits per heavy atom. The Balaban J connectivity index is 2.54. The maximum atomic E-state index is 10.2. The summed E-state index contributed by atoms with van der Waals surface area (Å²) in [4.78, 5) is 0. The van der Waals surface area contributed by atoms with E-state index in [-0.39, 0.29) is 6.10 Å². The molecule has 2 unspecified atom stereocenters. The van der Waals surface area contributed by atoms with E-state index in [1.165, 1.54) is 0 Å². The molecule has 13 heavy (non-hydrogen) atoms. The zero-order valence-electron chi connectivity index (χ0n) is 8.16. The smallest absolute Gasteiger partial charge is 0.110 e. The van der Waals surface area contributed by atoms with Gasteiger partial charge in [0.1, 0.15) is 6.10 Å². The summed E-state index contributed by atoms with van der Waals surface area (Å²) in [5, 5.41) is 10.2. The van der Waals surface area contributed by atoms with Crippen molar-refractivity contribution in [3.05, 3.63) is 0 Å². The van der Waals surface area contributed by atoms with Crippen LogP contribution in [0, 0.1) is 0 Å². The van der Waals surface area contributed by atoms with E-state index in [1.54, 1.807) is 0 Å². The predicted octanol–water partition coefficient (Wildman–Crippen LogP) is -0.108.